The average molecular weight is 398 g/mol. The van der Waals surface area contributed by atoms with Crippen LogP contribution in [-0.2, 0) is 0 Å². The van der Waals surface area contributed by atoms with Gasteiger partial charge < -0.3 is 0 Å². The van der Waals surface area contributed by atoms with Crippen molar-refractivity contribution < 1.29 is 4.74 Å². The van der Waals surface area contributed by atoms with E-state index in [0.717, 1.165) is 5.75 Å². The van der Waals surface area contributed by atoms with Crippen molar-refractivity contribution in [3.05, 3.63) is 115 Å². The second-order valence-electron chi connectivity index (χ2n) is 7.54. The Bertz CT molecular complexity index is 929. The molecule has 0 aromatic heterocycles. The molecule has 0 saturated heterocycles. The Morgan fingerprint density at radius 2 is 0.828 bits per heavy atom. The summed E-state index contributed by atoms with van der Waals surface area (Å²) in [7, 11) is -2.42. The Morgan fingerprint density at radius 3 is 1.17 bits per heavy atom. The van der Waals surface area contributed by atoms with E-state index in [9.17, 15) is 0 Å². The SMILES string of the molecule is CC(C)Oc1ccc([PH](c2ccccc2)(c2ccccc2)c2ccccc2)cc1. The van der Waals surface area contributed by atoms with Crippen LogP contribution in [0.2, 0.25) is 0 Å². The summed E-state index contributed by atoms with van der Waals surface area (Å²) in [6.07, 6.45) is 0.167. The van der Waals surface area contributed by atoms with E-state index in [1.807, 2.05) is 0 Å². The standard InChI is InChI=1S/C27H27OP/c1-22(2)28-23-18-20-27(21-19-23)29(24-12-6-3-7-13-24,25-14-8-4-9-15-25)26-16-10-5-11-17-26/h3-22,29H,1-2H3. The zero-order valence-corrected chi connectivity index (χ0v) is 18.0. The second kappa shape index (κ2) is 8.64. The maximum absolute atomic E-state index is 5.91. The van der Waals surface area contributed by atoms with Gasteiger partial charge in [-0.15, -0.1) is 0 Å². The van der Waals surface area contributed by atoms with Crippen LogP contribution in [0.25, 0.3) is 0 Å². The predicted octanol–water partition coefficient (Wildman–Crippen LogP) is 4.83. The topological polar surface area (TPSA) is 9.23 Å². The molecular weight excluding hydrogens is 371 g/mol. The summed E-state index contributed by atoms with van der Waals surface area (Å²) in [6, 6.07) is 41.6. The first-order valence-corrected chi connectivity index (χ1v) is 12.1. The molecule has 4 rings (SSSR count). The van der Waals surface area contributed by atoms with Gasteiger partial charge in [-0.05, 0) is 0 Å². The van der Waals surface area contributed by atoms with E-state index in [-0.39, 0.29) is 6.10 Å². The van der Waals surface area contributed by atoms with Gasteiger partial charge in [0.15, 0.2) is 0 Å². The van der Waals surface area contributed by atoms with Crippen LogP contribution in [0.4, 0.5) is 0 Å². The number of hydrogen-bond acceptors (Lipinski definition) is 1. The normalized spacial score (nSPS) is 12.0. The van der Waals surface area contributed by atoms with Crippen LogP contribution >= 0.6 is 7.26 Å². The molecule has 0 fully saturated rings. The summed E-state index contributed by atoms with van der Waals surface area (Å²) in [6.45, 7) is 4.12. The Labute approximate surface area is 174 Å². The molecular formula is C27H27OP. The third-order valence-corrected chi connectivity index (χ3v) is 10.1. The first-order valence-electron chi connectivity index (χ1n) is 10.1. The van der Waals surface area contributed by atoms with E-state index in [1.54, 1.807) is 0 Å². The van der Waals surface area contributed by atoms with Gasteiger partial charge in [0, 0.05) is 0 Å². The molecule has 0 aliphatic rings. The van der Waals surface area contributed by atoms with Crippen LogP contribution in [-0.4, -0.2) is 6.10 Å². The minimum atomic E-state index is -2.42. The van der Waals surface area contributed by atoms with Gasteiger partial charge in [-0.2, -0.15) is 0 Å². The van der Waals surface area contributed by atoms with Gasteiger partial charge in [-0.3, -0.25) is 0 Å². The molecule has 0 aliphatic carbocycles. The molecule has 0 radical (unpaired) electrons. The van der Waals surface area contributed by atoms with Gasteiger partial charge in [-0.1, -0.05) is 0 Å². The molecule has 4 aromatic carbocycles. The number of rotatable bonds is 6. The van der Waals surface area contributed by atoms with Gasteiger partial charge in [-0.25, -0.2) is 0 Å². The summed E-state index contributed by atoms with van der Waals surface area (Å²) in [4.78, 5) is 0. The zero-order chi connectivity index (χ0) is 20.1. The number of ether oxygens (including phenoxy) is 1. The molecule has 0 unspecified atom stereocenters. The van der Waals surface area contributed by atoms with Crippen molar-refractivity contribution in [2.45, 2.75) is 20.0 Å². The van der Waals surface area contributed by atoms with Crippen LogP contribution in [0.3, 0.4) is 0 Å². The van der Waals surface area contributed by atoms with E-state index in [1.165, 1.54) is 21.2 Å². The van der Waals surface area contributed by atoms with Gasteiger partial charge in [0.25, 0.3) is 0 Å². The molecule has 4 aromatic rings. The molecule has 0 aliphatic heterocycles. The maximum atomic E-state index is 5.91. The van der Waals surface area contributed by atoms with Gasteiger partial charge in [0.05, 0.1) is 0 Å². The van der Waals surface area contributed by atoms with E-state index in [2.05, 4.69) is 129 Å². The third-order valence-electron chi connectivity index (χ3n) is 5.28. The van der Waals surface area contributed by atoms with E-state index < -0.39 is 7.26 Å². The fraction of sp³-hybridized carbons (Fsp3) is 0.111. The molecule has 0 atom stereocenters. The Kier molecular flexibility index (Phi) is 5.79. The quantitative estimate of drug-likeness (QED) is 0.423. The fourth-order valence-corrected chi connectivity index (χ4v) is 8.86. The first kappa shape index (κ1) is 19.4. The summed E-state index contributed by atoms with van der Waals surface area (Å²) in [5.41, 5.74) is 0. The monoisotopic (exact) mass is 398 g/mol. The van der Waals surface area contributed by atoms with Gasteiger partial charge >= 0.3 is 174 Å². The molecule has 146 valence electrons. The van der Waals surface area contributed by atoms with Crippen LogP contribution in [0.1, 0.15) is 13.8 Å². The van der Waals surface area contributed by atoms with E-state index >= 15 is 0 Å². The molecule has 0 N–H and O–H groups in total. The summed E-state index contributed by atoms with van der Waals surface area (Å²) in [5, 5.41) is 5.51. The molecule has 2 heteroatoms. The first-order chi connectivity index (χ1) is 14.2. The van der Waals surface area contributed by atoms with Crippen molar-refractivity contribution in [2.75, 3.05) is 0 Å². The molecule has 1 nitrogen and oxygen atoms in total. The summed E-state index contributed by atoms with van der Waals surface area (Å²) >= 11 is 0. The Morgan fingerprint density at radius 1 is 0.483 bits per heavy atom. The van der Waals surface area contributed by atoms with Crippen LogP contribution < -0.4 is 26.0 Å². The van der Waals surface area contributed by atoms with Crippen LogP contribution in [0.5, 0.6) is 5.75 Å². The van der Waals surface area contributed by atoms with Crippen molar-refractivity contribution in [3.8, 4) is 5.75 Å². The minimum absolute atomic E-state index is 0.167. The molecule has 0 heterocycles. The van der Waals surface area contributed by atoms with Crippen LogP contribution in [0.15, 0.2) is 115 Å². The number of benzene rings is 4. The molecule has 0 saturated carbocycles. The fourth-order valence-electron chi connectivity index (χ4n) is 4.12. The molecule has 29 heavy (non-hydrogen) atoms. The van der Waals surface area contributed by atoms with Crippen molar-refractivity contribution in [2.24, 2.45) is 0 Å². The van der Waals surface area contributed by atoms with Gasteiger partial charge in [0.2, 0.25) is 0 Å². The Balaban J connectivity index is 2.00. The average Bonchev–Trinajstić information content (AvgIpc) is 2.77. The molecule has 0 bridgehead atoms. The van der Waals surface area contributed by atoms with Crippen molar-refractivity contribution in [3.63, 3.8) is 0 Å². The summed E-state index contributed by atoms with van der Waals surface area (Å²) < 4.78 is 5.91. The van der Waals surface area contributed by atoms with E-state index in [4.69, 9.17) is 4.74 Å². The van der Waals surface area contributed by atoms with Crippen molar-refractivity contribution in [1.29, 1.82) is 0 Å². The Hall–Kier alpha value is -2.89. The summed E-state index contributed by atoms with van der Waals surface area (Å²) in [5.74, 6) is 0.917. The third kappa shape index (κ3) is 3.84. The van der Waals surface area contributed by atoms with Crippen molar-refractivity contribution >= 4 is 28.5 Å². The molecule has 0 amide bonds. The molecule has 0 spiro atoms. The van der Waals surface area contributed by atoms with Crippen molar-refractivity contribution in [1.82, 2.24) is 0 Å². The van der Waals surface area contributed by atoms with Gasteiger partial charge in [0.1, 0.15) is 0 Å². The predicted molar refractivity (Wildman–Crippen MR) is 128 cm³/mol. The van der Waals surface area contributed by atoms with Crippen LogP contribution in [0, 0.1) is 0 Å². The number of hydrogen-bond donors (Lipinski definition) is 0. The second-order valence-corrected chi connectivity index (χ2v) is 11.3. The zero-order valence-electron chi connectivity index (χ0n) is 17.0. The van der Waals surface area contributed by atoms with E-state index in [0.29, 0.717) is 0 Å².